The Morgan fingerprint density at radius 3 is 2.00 bits per heavy atom. The fraction of sp³-hybridized carbons (Fsp3) is 0.773. The molecule has 1 aliphatic carbocycles. The van der Waals surface area contributed by atoms with Crippen LogP contribution in [0.2, 0.25) is 0 Å². The van der Waals surface area contributed by atoms with Gasteiger partial charge < -0.3 is 19.1 Å². The molecule has 0 N–H and O–H groups in total. The van der Waals surface area contributed by atoms with Gasteiger partial charge >= 0.3 is 12.5 Å². The lowest BCUT2D eigenvalue weighted by molar-refractivity contribution is -0.306. The summed E-state index contributed by atoms with van der Waals surface area (Å²) in [5.74, 6) is 0.420. The standard InChI is InChI=1S/C22H33F3N2O6S/c1-21(2,3)33-20(28)26-12-10-19(11-13-26)34(29,30)27-14-8-17(9-15-27)31-16-4-6-18(7-5-16)32-22(23,24)25/h4,6,17,19H,5,7-15H2,1-3H3. The van der Waals surface area contributed by atoms with Crippen LogP contribution in [-0.2, 0) is 24.2 Å². The number of nitrogens with zero attached hydrogens (tertiary/aromatic N) is 2. The van der Waals surface area contributed by atoms with Crippen molar-refractivity contribution < 1.29 is 40.6 Å². The molecule has 0 bridgehead atoms. The number of hydrogen-bond acceptors (Lipinski definition) is 6. The summed E-state index contributed by atoms with van der Waals surface area (Å²) in [7, 11) is -3.50. The molecule has 0 saturated carbocycles. The largest absolute Gasteiger partial charge is 0.572 e. The first-order valence-corrected chi connectivity index (χ1v) is 13.0. The van der Waals surface area contributed by atoms with Gasteiger partial charge in [-0.15, -0.1) is 13.2 Å². The molecule has 2 heterocycles. The Labute approximate surface area is 198 Å². The van der Waals surface area contributed by atoms with E-state index in [2.05, 4.69) is 4.74 Å². The number of likely N-dealkylation sites (tertiary alicyclic amines) is 1. The second kappa shape index (κ2) is 10.3. The van der Waals surface area contributed by atoms with Gasteiger partial charge in [0.25, 0.3) is 0 Å². The molecule has 34 heavy (non-hydrogen) atoms. The van der Waals surface area contributed by atoms with Gasteiger partial charge in [-0.05, 0) is 58.6 Å². The summed E-state index contributed by atoms with van der Waals surface area (Å²) in [6.07, 6.45) is -0.456. The van der Waals surface area contributed by atoms with Crippen LogP contribution in [0.3, 0.4) is 0 Å². The van der Waals surface area contributed by atoms with Gasteiger partial charge in [0.15, 0.2) is 0 Å². The number of carbonyl (C=O) groups excluding carboxylic acids is 1. The number of amides is 1. The summed E-state index contributed by atoms with van der Waals surface area (Å²) >= 11 is 0. The predicted octanol–water partition coefficient (Wildman–Crippen LogP) is 4.29. The Bertz CT molecular complexity index is 895. The number of carbonyl (C=O) groups is 1. The van der Waals surface area contributed by atoms with Crippen LogP contribution < -0.4 is 0 Å². The molecule has 0 aromatic heterocycles. The van der Waals surface area contributed by atoms with Gasteiger partial charge in [0.2, 0.25) is 10.0 Å². The summed E-state index contributed by atoms with van der Waals surface area (Å²) < 4.78 is 79.8. The van der Waals surface area contributed by atoms with Crippen molar-refractivity contribution in [2.45, 2.75) is 82.6 Å². The number of allylic oxidation sites excluding steroid dienone is 4. The number of rotatable bonds is 5. The molecule has 2 saturated heterocycles. The van der Waals surface area contributed by atoms with Crippen molar-refractivity contribution in [3.63, 3.8) is 0 Å². The molecule has 194 valence electrons. The van der Waals surface area contributed by atoms with Crippen LogP contribution in [0.5, 0.6) is 0 Å². The Balaban J connectivity index is 1.45. The van der Waals surface area contributed by atoms with E-state index < -0.39 is 33.3 Å². The maximum Gasteiger partial charge on any atom is 0.572 e. The number of alkyl halides is 3. The third-order valence-corrected chi connectivity index (χ3v) is 8.31. The van der Waals surface area contributed by atoms with Crippen molar-refractivity contribution in [3.8, 4) is 0 Å². The quantitative estimate of drug-likeness (QED) is 0.549. The van der Waals surface area contributed by atoms with Crippen LogP contribution in [0.1, 0.15) is 59.3 Å². The number of halogens is 3. The molecule has 0 spiro atoms. The van der Waals surface area contributed by atoms with E-state index in [9.17, 15) is 26.4 Å². The van der Waals surface area contributed by atoms with Gasteiger partial charge in [0.1, 0.15) is 17.5 Å². The zero-order valence-electron chi connectivity index (χ0n) is 19.8. The van der Waals surface area contributed by atoms with Crippen molar-refractivity contribution in [1.29, 1.82) is 0 Å². The minimum atomic E-state index is -4.71. The van der Waals surface area contributed by atoms with E-state index in [1.807, 2.05) is 0 Å². The highest BCUT2D eigenvalue weighted by atomic mass is 32.2. The van der Waals surface area contributed by atoms with Gasteiger partial charge in [0.05, 0.1) is 11.0 Å². The summed E-state index contributed by atoms with van der Waals surface area (Å²) in [6.45, 7) is 6.68. The predicted molar refractivity (Wildman–Crippen MR) is 118 cm³/mol. The molecular weight excluding hydrogens is 477 g/mol. The van der Waals surface area contributed by atoms with Gasteiger partial charge in [-0.3, -0.25) is 0 Å². The van der Waals surface area contributed by atoms with E-state index in [0.29, 0.717) is 64.0 Å². The first-order valence-electron chi connectivity index (χ1n) is 11.5. The highest BCUT2D eigenvalue weighted by molar-refractivity contribution is 7.89. The third-order valence-electron chi connectivity index (χ3n) is 5.91. The third kappa shape index (κ3) is 7.53. The highest BCUT2D eigenvalue weighted by Crippen LogP contribution is 2.30. The van der Waals surface area contributed by atoms with Crippen LogP contribution in [0.15, 0.2) is 23.7 Å². The van der Waals surface area contributed by atoms with Crippen molar-refractivity contribution in [2.24, 2.45) is 0 Å². The fourth-order valence-electron chi connectivity index (χ4n) is 4.22. The summed E-state index contributed by atoms with van der Waals surface area (Å²) in [6, 6.07) is 0. The Morgan fingerprint density at radius 1 is 0.941 bits per heavy atom. The molecule has 0 aromatic carbocycles. The lowest BCUT2D eigenvalue weighted by Crippen LogP contribution is -2.50. The lowest BCUT2D eigenvalue weighted by atomic mass is 10.1. The zero-order chi connectivity index (χ0) is 25.1. The molecule has 8 nitrogen and oxygen atoms in total. The van der Waals surface area contributed by atoms with Crippen molar-refractivity contribution >= 4 is 16.1 Å². The van der Waals surface area contributed by atoms with Crippen LogP contribution in [-0.4, -0.2) is 73.2 Å². The van der Waals surface area contributed by atoms with E-state index >= 15 is 0 Å². The lowest BCUT2D eigenvalue weighted by Gasteiger charge is -2.37. The first kappa shape index (κ1) is 26.7. The van der Waals surface area contributed by atoms with Crippen molar-refractivity contribution in [1.82, 2.24) is 9.21 Å². The Hall–Kier alpha value is -1.95. The average Bonchev–Trinajstić information content (AvgIpc) is 2.73. The number of hydrogen-bond donors (Lipinski definition) is 0. The van der Waals surface area contributed by atoms with Crippen LogP contribution in [0.4, 0.5) is 18.0 Å². The second-order valence-corrected chi connectivity index (χ2v) is 12.0. The molecule has 2 fully saturated rings. The Morgan fingerprint density at radius 2 is 1.50 bits per heavy atom. The SMILES string of the molecule is CC(C)(C)OC(=O)N1CCC(S(=O)(=O)N2CCC(OC3=CC=C(OC(F)(F)F)CC3)CC2)CC1. The molecule has 1 amide bonds. The molecule has 3 rings (SSSR count). The number of ether oxygens (including phenoxy) is 3. The zero-order valence-corrected chi connectivity index (χ0v) is 20.6. The topological polar surface area (TPSA) is 85.4 Å². The smallest absolute Gasteiger partial charge is 0.495 e. The maximum atomic E-state index is 13.1. The minimum Gasteiger partial charge on any atom is -0.495 e. The van der Waals surface area contributed by atoms with E-state index in [4.69, 9.17) is 9.47 Å². The first-order chi connectivity index (χ1) is 15.7. The molecule has 0 atom stereocenters. The minimum absolute atomic E-state index is 0.0978. The highest BCUT2D eigenvalue weighted by Gasteiger charge is 2.38. The molecule has 0 radical (unpaired) electrons. The second-order valence-electron chi connectivity index (χ2n) is 9.74. The summed E-state index contributed by atoms with van der Waals surface area (Å²) in [4.78, 5) is 13.8. The van der Waals surface area contributed by atoms with Crippen molar-refractivity contribution in [3.05, 3.63) is 23.7 Å². The van der Waals surface area contributed by atoms with Crippen LogP contribution in [0.25, 0.3) is 0 Å². The fourth-order valence-corrected chi connectivity index (χ4v) is 6.17. The molecule has 0 unspecified atom stereocenters. The molecule has 2 aliphatic heterocycles. The molecular formula is C22H33F3N2O6S. The van der Waals surface area contributed by atoms with E-state index in [-0.39, 0.29) is 18.3 Å². The van der Waals surface area contributed by atoms with Crippen molar-refractivity contribution in [2.75, 3.05) is 26.2 Å². The van der Waals surface area contributed by atoms with E-state index in [1.54, 1.807) is 25.7 Å². The van der Waals surface area contributed by atoms with Crippen LogP contribution >= 0.6 is 0 Å². The number of piperidine rings is 2. The monoisotopic (exact) mass is 510 g/mol. The molecule has 0 aromatic rings. The molecule has 3 aliphatic rings. The maximum absolute atomic E-state index is 13.1. The van der Waals surface area contributed by atoms with Gasteiger partial charge in [0, 0.05) is 39.0 Å². The van der Waals surface area contributed by atoms with Gasteiger partial charge in [-0.1, -0.05) is 0 Å². The summed E-state index contributed by atoms with van der Waals surface area (Å²) in [5, 5.41) is -0.540. The van der Waals surface area contributed by atoms with Crippen LogP contribution in [0, 0.1) is 0 Å². The van der Waals surface area contributed by atoms with E-state index in [1.165, 1.54) is 16.5 Å². The molecule has 12 heteroatoms. The average molecular weight is 511 g/mol. The Kier molecular flexibility index (Phi) is 8.11. The number of sulfonamides is 1. The van der Waals surface area contributed by atoms with E-state index in [0.717, 1.165) is 0 Å². The normalized spacial score (nSPS) is 22.1. The summed E-state index contributed by atoms with van der Waals surface area (Å²) in [5.41, 5.74) is -0.602. The van der Waals surface area contributed by atoms with Gasteiger partial charge in [-0.2, -0.15) is 0 Å². The van der Waals surface area contributed by atoms with Gasteiger partial charge in [-0.25, -0.2) is 17.5 Å².